The lowest BCUT2D eigenvalue weighted by Gasteiger charge is -2.21. The summed E-state index contributed by atoms with van der Waals surface area (Å²) in [5.41, 5.74) is 0. The molecule has 0 spiro atoms. The fourth-order valence-corrected chi connectivity index (χ4v) is 11.8. The van der Waals surface area contributed by atoms with Crippen LogP contribution in [0.5, 0.6) is 0 Å². The van der Waals surface area contributed by atoms with Crippen molar-refractivity contribution >= 4 is 39.5 Å². The molecule has 0 aromatic carbocycles. The number of aliphatic hydroxyl groups is 1. The van der Waals surface area contributed by atoms with Crippen LogP contribution < -0.4 is 0 Å². The number of ether oxygens (including phenoxy) is 4. The van der Waals surface area contributed by atoms with Gasteiger partial charge in [0, 0.05) is 25.7 Å². The summed E-state index contributed by atoms with van der Waals surface area (Å²) in [6.07, 6.45) is 40.3. The molecule has 0 rings (SSSR count). The number of esters is 4. The molecule has 0 aromatic rings. The summed E-state index contributed by atoms with van der Waals surface area (Å²) in [6.45, 7) is 14.1. The molecule has 88 heavy (non-hydrogen) atoms. The predicted molar refractivity (Wildman–Crippen MR) is 354 cm³/mol. The maximum Gasteiger partial charge on any atom is 0.472 e. The summed E-state index contributed by atoms with van der Waals surface area (Å²) >= 11 is 0. The Bertz CT molecular complexity index is 1750. The third-order valence-electron chi connectivity index (χ3n) is 16.5. The van der Waals surface area contributed by atoms with Crippen molar-refractivity contribution in [1.82, 2.24) is 0 Å². The molecule has 522 valence electrons. The van der Waals surface area contributed by atoms with Crippen LogP contribution in [0.15, 0.2) is 0 Å². The quantitative estimate of drug-likeness (QED) is 0.0222. The van der Waals surface area contributed by atoms with Gasteiger partial charge < -0.3 is 33.8 Å². The highest BCUT2D eigenvalue weighted by Gasteiger charge is 2.30. The third kappa shape index (κ3) is 60.3. The van der Waals surface area contributed by atoms with Gasteiger partial charge in [0.05, 0.1) is 26.4 Å². The smallest absolute Gasteiger partial charge is 0.462 e. The van der Waals surface area contributed by atoms with Crippen LogP contribution in [0.25, 0.3) is 0 Å². The van der Waals surface area contributed by atoms with Crippen molar-refractivity contribution in [3.8, 4) is 0 Å². The van der Waals surface area contributed by atoms with Crippen LogP contribution in [-0.2, 0) is 65.4 Å². The van der Waals surface area contributed by atoms with Gasteiger partial charge in [-0.1, -0.05) is 287 Å². The van der Waals surface area contributed by atoms with Gasteiger partial charge in [0.1, 0.15) is 19.3 Å². The number of aliphatic hydroxyl groups excluding tert-OH is 1. The molecule has 0 aliphatic carbocycles. The van der Waals surface area contributed by atoms with E-state index in [1.807, 2.05) is 0 Å². The lowest BCUT2D eigenvalue weighted by atomic mass is 9.99. The van der Waals surface area contributed by atoms with Crippen LogP contribution in [0.3, 0.4) is 0 Å². The van der Waals surface area contributed by atoms with Crippen molar-refractivity contribution in [1.29, 1.82) is 0 Å². The van der Waals surface area contributed by atoms with Crippen molar-refractivity contribution in [3.63, 3.8) is 0 Å². The zero-order valence-corrected chi connectivity index (χ0v) is 59.1. The maximum atomic E-state index is 13.0. The number of rotatable bonds is 66. The van der Waals surface area contributed by atoms with Gasteiger partial charge in [-0.15, -0.1) is 0 Å². The minimum Gasteiger partial charge on any atom is -0.462 e. The topological polar surface area (TPSA) is 237 Å². The Balaban J connectivity index is 5.25. The molecule has 0 radical (unpaired) electrons. The molecule has 0 saturated heterocycles. The molecule has 0 amide bonds. The second-order valence-corrected chi connectivity index (χ2v) is 29.3. The first-order valence-corrected chi connectivity index (χ1v) is 38.8. The van der Waals surface area contributed by atoms with Crippen molar-refractivity contribution in [2.24, 2.45) is 23.7 Å². The Kier molecular flexibility index (Phi) is 57.6. The zero-order valence-electron chi connectivity index (χ0n) is 57.3. The highest BCUT2D eigenvalue weighted by Crippen LogP contribution is 2.45. The van der Waals surface area contributed by atoms with E-state index in [0.29, 0.717) is 31.6 Å². The second-order valence-electron chi connectivity index (χ2n) is 26.4. The first-order chi connectivity index (χ1) is 42.2. The van der Waals surface area contributed by atoms with E-state index in [9.17, 15) is 43.2 Å². The van der Waals surface area contributed by atoms with Crippen LogP contribution in [0.4, 0.5) is 0 Å². The van der Waals surface area contributed by atoms with Crippen molar-refractivity contribution < 1.29 is 80.2 Å². The number of phosphoric acid groups is 2. The molecular weight excluding hydrogens is 1160 g/mol. The summed E-state index contributed by atoms with van der Waals surface area (Å²) < 4.78 is 68.2. The van der Waals surface area contributed by atoms with E-state index in [1.165, 1.54) is 128 Å². The Morgan fingerprint density at radius 2 is 0.545 bits per heavy atom. The van der Waals surface area contributed by atoms with E-state index in [-0.39, 0.29) is 25.7 Å². The molecule has 17 nitrogen and oxygen atoms in total. The van der Waals surface area contributed by atoms with E-state index >= 15 is 0 Å². The Hall–Kier alpha value is -1.94. The summed E-state index contributed by atoms with van der Waals surface area (Å²) in [6, 6.07) is 0. The fraction of sp³-hybridized carbons (Fsp3) is 0.942. The molecule has 4 unspecified atom stereocenters. The van der Waals surface area contributed by atoms with Gasteiger partial charge in [0.15, 0.2) is 12.2 Å². The number of unbranched alkanes of at least 4 members (excludes halogenated alkanes) is 30. The monoisotopic (exact) mass is 1300 g/mol. The normalized spacial score (nSPS) is 14.9. The van der Waals surface area contributed by atoms with E-state index < -0.39 is 97.5 Å². The highest BCUT2D eigenvalue weighted by atomic mass is 31.2. The van der Waals surface area contributed by atoms with E-state index in [2.05, 4.69) is 55.4 Å². The van der Waals surface area contributed by atoms with Gasteiger partial charge in [-0.2, -0.15) is 0 Å². The number of carbonyl (C=O) groups is 4. The van der Waals surface area contributed by atoms with E-state index in [1.54, 1.807) is 0 Å². The van der Waals surface area contributed by atoms with Gasteiger partial charge in [-0.25, -0.2) is 9.13 Å². The largest absolute Gasteiger partial charge is 0.472 e. The van der Waals surface area contributed by atoms with Crippen LogP contribution >= 0.6 is 15.6 Å². The minimum absolute atomic E-state index is 0.104. The summed E-state index contributed by atoms with van der Waals surface area (Å²) in [5.74, 6) is 0.858. The molecule has 7 atom stereocenters. The highest BCUT2D eigenvalue weighted by molar-refractivity contribution is 7.47. The van der Waals surface area contributed by atoms with Crippen LogP contribution in [0, 0.1) is 23.7 Å². The van der Waals surface area contributed by atoms with Crippen molar-refractivity contribution in [2.45, 2.75) is 356 Å². The predicted octanol–water partition coefficient (Wildman–Crippen LogP) is 19.3. The summed E-state index contributed by atoms with van der Waals surface area (Å²) in [4.78, 5) is 72.5. The van der Waals surface area contributed by atoms with Gasteiger partial charge in [-0.3, -0.25) is 37.3 Å². The van der Waals surface area contributed by atoms with Gasteiger partial charge in [-0.05, 0) is 49.4 Å². The molecule has 0 fully saturated rings. The molecule has 3 N–H and O–H groups in total. The van der Waals surface area contributed by atoms with Gasteiger partial charge in [0.25, 0.3) is 0 Å². The van der Waals surface area contributed by atoms with Crippen molar-refractivity contribution in [3.05, 3.63) is 0 Å². The molecule has 19 heteroatoms. The number of hydrogen-bond donors (Lipinski definition) is 3. The number of phosphoric ester groups is 2. The van der Waals surface area contributed by atoms with Crippen LogP contribution in [-0.4, -0.2) is 96.7 Å². The zero-order chi connectivity index (χ0) is 65.4. The molecule has 0 heterocycles. The molecule has 0 bridgehead atoms. The van der Waals surface area contributed by atoms with E-state index in [4.69, 9.17) is 37.0 Å². The molecule has 0 aliphatic heterocycles. The third-order valence-corrected chi connectivity index (χ3v) is 18.4. The van der Waals surface area contributed by atoms with Gasteiger partial charge in [0.2, 0.25) is 0 Å². The Labute approximate surface area is 537 Å². The Morgan fingerprint density at radius 3 is 0.807 bits per heavy atom. The summed E-state index contributed by atoms with van der Waals surface area (Å²) in [5, 5.41) is 10.6. The number of hydrogen-bond acceptors (Lipinski definition) is 15. The molecular formula is C69H134O17P2. The van der Waals surface area contributed by atoms with Crippen LogP contribution in [0.2, 0.25) is 0 Å². The van der Waals surface area contributed by atoms with Crippen LogP contribution in [0.1, 0.15) is 338 Å². The number of carbonyl (C=O) groups excluding carboxylic acids is 4. The second kappa shape index (κ2) is 58.8. The molecule has 0 aromatic heterocycles. The first kappa shape index (κ1) is 86.1. The molecule has 0 saturated carbocycles. The standard InChI is InChI=1S/C69H134O17P2/c1-9-61(7)47-39-31-23-18-19-25-36-44-52-69(74)86-64(55-79-66(71)49-41-33-26-20-22-30-38-46-60(5)6)57-83-87(75,76)81-53-63(70)54-82-88(77,78)84-58-65(56-80-67(72)50-42-34-28-27-32-40-48-62(8)10-2)85-68(73)51-43-35-24-17-15-13-11-12-14-16-21-29-37-45-59(3)4/h59-65,70H,9-58H2,1-8H3,(H,75,76)(H,77,78)/t61?,62?,63-,64-,65-/m1/s1. The molecule has 0 aliphatic rings. The average Bonchev–Trinajstić information content (AvgIpc) is 3.62. The maximum absolute atomic E-state index is 13.0. The minimum atomic E-state index is -4.95. The average molecular weight is 1300 g/mol. The summed E-state index contributed by atoms with van der Waals surface area (Å²) in [7, 11) is -9.90. The lowest BCUT2D eigenvalue weighted by molar-refractivity contribution is -0.161. The van der Waals surface area contributed by atoms with E-state index in [0.717, 1.165) is 120 Å². The fourth-order valence-electron chi connectivity index (χ4n) is 10.2. The Morgan fingerprint density at radius 1 is 0.318 bits per heavy atom. The first-order valence-electron chi connectivity index (χ1n) is 35.8. The van der Waals surface area contributed by atoms with Crippen molar-refractivity contribution in [2.75, 3.05) is 39.6 Å². The lowest BCUT2D eigenvalue weighted by Crippen LogP contribution is -2.30. The van der Waals surface area contributed by atoms with Gasteiger partial charge >= 0.3 is 39.5 Å². The SMILES string of the molecule is CCC(C)CCCCCCCCCCC(=O)O[C@H](COC(=O)CCCCCCCCCC(C)C)COP(=O)(O)OC[C@@H](O)COP(=O)(O)OC[C@@H](COC(=O)CCCCCCCCC(C)CC)OC(=O)CCCCCCCCCCCCCCCC(C)C.